The highest BCUT2D eigenvalue weighted by Gasteiger charge is 2.34. The van der Waals surface area contributed by atoms with E-state index in [1.807, 2.05) is 6.07 Å². The van der Waals surface area contributed by atoms with Crippen LogP contribution in [0.5, 0.6) is 0 Å². The van der Waals surface area contributed by atoms with E-state index in [0.29, 0.717) is 6.04 Å². The summed E-state index contributed by atoms with van der Waals surface area (Å²) in [6, 6.07) is 7.59. The molecular weight excluding hydrogens is 359 g/mol. The quantitative estimate of drug-likeness (QED) is 0.691. The topological polar surface area (TPSA) is 6.48 Å². The fourth-order valence-electron chi connectivity index (χ4n) is 3.24. The van der Waals surface area contributed by atoms with Gasteiger partial charge in [-0.25, -0.2) is 0 Å². The van der Waals surface area contributed by atoms with Crippen molar-refractivity contribution in [1.82, 2.24) is 4.90 Å². The van der Waals surface area contributed by atoms with Gasteiger partial charge in [0.25, 0.3) is 0 Å². The van der Waals surface area contributed by atoms with Crippen molar-refractivity contribution < 1.29 is 0 Å². The summed E-state index contributed by atoms with van der Waals surface area (Å²) in [6.45, 7) is 5.99. The van der Waals surface area contributed by atoms with Crippen molar-refractivity contribution in [2.45, 2.75) is 31.8 Å². The summed E-state index contributed by atoms with van der Waals surface area (Å²) in [6.07, 6.45) is 2.72. The van der Waals surface area contributed by atoms with Crippen LogP contribution in [0.4, 0.5) is 5.69 Å². The normalized spacial score (nSPS) is 28.5. The van der Waals surface area contributed by atoms with Crippen LogP contribution in [0.3, 0.4) is 0 Å². The molecule has 0 bridgehead atoms. The van der Waals surface area contributed by atoms with Crippen molar-refractivity contribution in [2.75, 3.05) is 24.5 Å². The maximum atomic E-state index is 6.05. The van der Waals surface area contributed by atoms with Crippen molar-refractivity contribution in [3.63, 3.8) is 0 Å². The lowest BCUT2D eigenvalue weighted by Gasteiger charge is -2.44. The van der Waals surface area contributed by atoms with Crippen LogP contribution in [0.1, 0.15) is 19.8 Å². The number of rotatable bonds is 1. The first-order valence-electron chi connectivity index (χ1n) is 6.61. The number of anilines is 1. The van der Waals surface area contributed by atoms with Crippen LogP contribution < -0.4 is 4.90 Å². The van der Waals surface area contributed by atoms with Gasteiger partial charge in [-0.2, -0.15) is 0 Å². The van der Waals surface area contributed by atoms with Crippen LogP contribution in [-0.4, -0.2) is 36.6 Å². The Morgan fingerprint density at radius 1 is 1.33 bits per heavy atom. The Labute approximate surface area is 127 Å². The number of fused-ring (bicyclic) bond motifs is 1. The van der Waals surface area contributed by atoms with Gasteiger partial charge < -0.3 is 4.90 Å². The predicted molar refractivity (Wildman–Crippen MR) is 85.6 cm³/mol. The smallest absolute Gasteiger partial charge is 0.0506 e. The standard InChI is InChI=1S/C14H18ClIN2/c1-10-8-17-6-2-3-12(17)9-18(10)14-5-4-11(15)7-13(14)16/h4-5,7,10,12H,2-3,6,8-9H2,1H3. The molecule has 0 spiro atoms. The highest BCUT2D eigenvalue weighted by Crippen LogP contribution is 2.32. The molecule has 0 saturated carbocycles. The molecule has 2 unspecified atom stereocenters. The molecule has 4 heteroatoms. The van der Waals surface area contributed by atoms with Crippen LogP contribution in [-0.2, 0) is 0 Å². The van der Waals surface area contributed by atoms with Gasteiger partial charge in [0.05, 0.1) is 5.69 Å². The minimum absolute atomic E-state index is 0.592. The number of benzene rings is 1. The Balaban J connectivity index is 1.86. The molecule has 98 valence electrons. The Kier molecular flexibility index (Phi) is 3.74. The molecule has 0 aromatic heterocycles. The Morgan fingerprint density at radius 2 is 2.17 bits per heavy atom. The highest BCUT2D eigenvalue weighted by atomic mass is 127. The van der Waals surface area contributed by atoms with E-state index in [1.165, 1.54) is 41.7 Å². The van der Waals surface area contributed by atoms with Gasteiger partial charge in [-0.3, -0.25) is 4.90 Å². The van der Waals surface area contributed by atoms with Gasteiger partial charge in [0.1, 0.15) is 0 Å². The first-order chi connectivity index (χ1) is 8.65. The maximum absolute atomic E-state index is 6.05. The largest absolute Gasteiger partial charge is 0.365 e. The molecule has 2 aliphatic rings. The average Bonchev–Trinajstić information content (AvgIpc) is 2.75. The third-order valence-electron chi connectivity index (χ3n) is 4.16. The Hall–Kier alpha value is -0.000000000000000111. The molecule has 1 aromatic rings. The fraction of sp³-hybridized carbons (Fsp3) is 0.571. The van der Waals surface area contributed by atoms with Crippen molar-refractivity contribution in [1.29, 1.82) is 0 Å². The molecule has 2 aliphatic heterocycles. The molecule has 2 saturated heterocycles. The van der Waals surface area contributed by atoms with Crippen LogP contribution in [0.15, 0.2) is 18.2 Å². The van der Waals surface area contributed by atoms with E-state index in [1.54, 1.807) is 0 Å². The van der Waals surface area contributed by atoms with Gasteiger partial charge in [-0.1, -0.05) is 11.6 Å². The predicted octanol–water partition coefficient (Wildman–Crippen LogP) is 3.62. The summed E-state index contributed by atoms with van der Waals surface area (Å²) in [4.78, 5) is 5.22. The molecule has 2 fully saturated rings. The molecule has 2 heterocycles. The minimum Gasteiger partial charge on any atom is -0.365 e. The molecule has 0 aliphatic carbocycles. The second-order valence-electron chi connectivity index (χ2n) is 5.39. The zero-order chi connectivity index (χ0) is 12.7. The van der Waals surface area contributed by atoms with Crippen molar-refractivity contribution >= 4 is 39.9 Å². The van der Waals surface area contributed by atoms with Gasteiger partial charge in [-0.05, 0) is 67.1 Å². The molecule has 0 radical (unpaired) electrons. The van der Waals surface area contributed by atoms with E-state index >= 15 is 0 Å². The highest BCUT2D eigenvalue weighted by molar-refractivity contribution is 14.1. The fourth-order valence-corrected chi connectivity index (χ4v) is 4.42. The zero-order valence-electron chi connectivity index (χ0n) is 10.6. The van der Waals surface area contributed by atoms with Gasteiger partial charge in [-0.15, -0.1) is 0 Å². The number of hydrogen-bond donors (Lipinski definition) is 0. The first kappa shape index (κ1) is 13.0. The molecule has 1 aromatic carbocycles. The molecule has 0 N–H and O–H groups in total. The number of nitrogens with zero attached hydrogens (tertiary/aromatic N) is 2. The monoisotopic (exact) mass is 376 g/mol. The SMILES string of the molecule is CC1CN2CCCC2CN1c1ccc(Cl)cc1I. The van der Waals surface area contributed by atoms with Crippen LogP contribution in [0, 0.1) is 3.57 Å². The third-order valence-corrected chi connectivity index (χ3v) is 5.26. The number of hydrogen-bond acceptors (Lipinski definition) is 2. The summed E-state index contributed by atoms with van der Waals surface area (Å²) in [5, 5.41) is 0.829. The molecule has 2 atom stereocenters. The van der Waals surface area contributed by atoms with E-state index in [2.05, 4.69) is 51.4 Å². The average molecular weight is 377 g/mol. The lowest BCUT2D eigenvalue weighted by molar-refractivity contribution is 0.203. The van der Waals surface area contributed by atoms with Crippen molar-refractivity contribution in [3.8, 4) is 0 Å². The summed E-state index contributed by atoms with van der Waals surface area (Å²) >= 11 is 8.45. The van der Waals surface area contributed by atoms with Crippen molar-refractivity contribution in [2.24, 2.45) is 0 Å². The number of piperazine rings is 1. The third kappa shape index (κ3) is 2.37. The lowest BCUT2D eigenvalue weighted by Crippen LogP contribution is -2.55. The summed E-state index contributed by atoms with van der Waals surface area (Å²) in [5.74, 6) is 0. The maximum Gasteiger partial charge on any atom is 0.0506 e. The first-order valence-corrected chi connectivity index (χ1v) is 8.06. The summed E-state index contributed by atoms with van der Waals surface area (Å²) in [5.41, 5.74) is 1.35. The summed E-state index contributed by atoms with van der Waals surface area (Å²) in [7, 11) is 0. The van der Waals surface area contributed by atoms with Crippen LogP contribution in [0.25, 0.3) is 0 Å². The minimum atomic E-state index is 0.592. The van der Waals surface area contributed by atoms with Gasteiger partial charge in [0.2, 0.25) is 0 Å². The molecule has 3 rings (SSSR count). The zero-order valence-corrected chi connectivity index (χ0v) is 13.5. The molecule has 18 heavy (non-hydrogen) atoms. The summed E-state index contributed by atoms with van der Waals surface area (Å²) < 4.78 is 1.26. The van der Waals surface area contributed by atoms with E-state index in [0.717, 1.165) is 11.1 Å². The van der Waals surface area contributed by atoms with E-state index in [4.69, 9.17) is 11.6 Å². The number of halogens is 2. The van der Waals surface area contributed by atoms with E-state index in [-0.39, 0.29) is 0 Å². The second-order valence-corrected chi connectivity index (χ2v) is 6.99. The van der Waals surface area contributed by atoms with Crippen LogP contribution in [0.2, 0.25) is 5.02 Å². The van der Waals surface area contributed by atoms with Gasteiger partial charge in [0.15, 0.2) is 0 Å². The molecule has 2 nitrogen and oxygen atoms in total. The van der Waals surface area contributed by atoms with Crippen LogP contribution >= 0.6 is 34.2 Å². The van der Waals surface area contributed by atoms with Gasteiger partial charge in [0, 0.05) is 33.8 Å². The van der Waals surface area contributed by atoms with E-state index < -0.39 is 0 Å². The molecule has 0 amide bonds. The Bertz CT molecular complexity index is 451. The lowest BCUT2D eigenvalue weighted by atomic mass is 10.1. The Morgan fingerprint density at radius 3 is 2.94 bits per heavy atom. The second kappa shape index (κ2) is 5.17. The van der Waals surface area contributed by atoms with Crippen molar-refractivity contribution in [3.05, 3.63) is 26.8 Å². The van der Waals surface area contributed by atoms with E-state index in [9.17, 15) is 0 Å². The molecular formula is C14H18ClIN2. The van der Waals surface area contributed by atoms with Gasteiger partial charge >= 0.3 is 0 Å².